The smallest absolute Gasteiger partial charge is 0.309 e. The number of thiocarbonyl (C=S) groups is 1. The third-order valence-electron chi connectivity index (χ3n) is 6.43. The Balaban J connectivity index is 1.71. The normalized spacial score (nSPS) is 17.7. The van der Waals surface area contributed by atoms with Crippen molar-refractivity contribution in [3.63, 3.8) is 0 Å². The molecule has 9 nitrogen and oxygen atoms in total. The summed E-state index contributed by atoms with van der Waals surface area (Å²) in [5.41, 5.74) is 0.737. The number of thioether (sulfide) groups is 1. The van der Waals surface area contributed by atoms with Crippen molar-refractivity contribution in [1.29, 1.82) is 5.26 Å². The molecule has 36 heavy (non-hydrogen) atoms. The molecule has 0 saturated carbocycles. The zero-order valence-electron chi connectivity index (χ0n) is 20.3. The Hall–Kier alpha value is -3.36. The number of pyridine rings is 1. The van der Waals surface area contributed by atoms with Crippen molar-refractivity contribution in [2.75, 3.05) is 24.6 Å². The molecule has 2 aromatic rings. The van der Waals surface area contributed by atoms with Crippen LogP contribution in [0.25, 0.3) is 6.08 Å². The van der Waals surface area contributed by atoms with Crippen LogP contribution in [0.4, 0.5) is 5.82 Å². The van der Waals surface area contributed by atoms with Gasteiger partial charge in [-0.3, -0.25) is 23.9 Å². The topological polar surface area (TPSA) is 109 Å². The zero-order chi connectivity index (χ0) is 26.0. The van der Waals surface area contributed by atoms with E-state index in [0.29, 0.717) is 64.5 Å². The third-order valence-corrected chi connectivity index (χ3v) is 7.80. The fraction of sp³-hybridized carbons (Fsp3) is 0.400. The van der Waals surface area contributed by atoms with E-state index in [1.807, 2.05) is 11.0 Å². The highest BCUT2D eigenvalue weighted by Crippen LogP contribution is 2.37. The van der Waals surface area contributed by atoms with Crippen LogP contribution in [-0.2, 0) is 27.9 Å². The number of amides is 1. The van der Waals surface area contributed by atoms with Crippen LogP contribution < -0.4 is 10.5 Å². The van der Waals surface area contributed by atoms with Crippen LogP contribution in [0.15, 0.2) is 32.5 Å². The first-order chi connectivity index (χ1) is 17.3. The van der Waals surface area contributed by atoms with Crippen LogP contribution >= 0.6 is 24.0 Å². The first-order valence-electron chi connectivity index (χ1n) is 11.6. The molecule has 0 aromatic carbocycles. The molecule has 0 bridgehead atoms. The van der Waals surface area contributed by atoms with Crippen molar-refractivity contribution in [3.05, 3.63) is 56.1 Å². The Morgan fingerprint density at radius 1 is 1.36 bits per heavy atom. The average molecular weight is 527 g/mol. The van der Waals surface area contributed by atoms with E-state index in [1.165, 1.54) is 27.5 Å². The second kappa shape index (κ2) is 10.7. The van der Waals surface area contributed by atoms with Gasteiger partial charge in [0.25, 0.3) is 11.5 Å². The summed E-state index contributed by atoms with van der Waals surface area (Å²) >= 11 is 6.63. The van der Waals surface area contributed by atoms with Gasteiger partial charge in [-0.05, 0) is 50.5 Å². The summed E-state index contributed by atoms with van der Waals surface area (Å²) in [6, 6.07) is 5.53. The maximum absolute atomic E-state index is 13.2. The number of anilines is 1. The summed E-state index contributed by atoms with van der Waals surface area (Å²) < 4.78 is 12.4. The molecule has 0 N–H and O–H groups in total. The van der Waals surface area contributed by atoms with Crippen LogP contribution in [-0.4, -0.2) is 45.4 Å². The Bertz CT molecular complexity index is 1330. The number of rotatable bonds is 6. The van der Waals surface area contributed by atoms with E-state index < -0.39 is 5.56 Å². The summed E-state index contributed by atoms with van der Waals surface area (Å²) in [4.78, 5) is 42.3. The van der Waals surface area contributed by atoms with E-state index in [9.17, 15) is 19.6 Å². The molecular weight excluding hydrogens is 500 g/mol. The van der Waals surface area contributed by atoms with Gasteiger partial charge < -0.3 is 14.1 Å². The van der Waals surface area contributed by atoms with E-state index in [1.54, 1.807) is 39.1 Å². The highest BCUT2D eigenvalue weighted by Gasteiger charge is 2.34. The van der Waals surface area contributed by atoms with Gasteiger partial charge in [0.15, 0.2) is 0 Å². The van der Waals surface area contributed by atoms with Gasteiger partial charge in [-0.2, -0.15) is 5.26 Å². The molecule has 0 unspecified atom stereocenters. The summed E-state index contributed by atoms with van der Waals surface area (Å²) in [6.45, 7) is 5.12. The van der Waals surface area contributed by atoms with E-state index in [2.05, 4.69) is 0 Å². The highest BCUT2D eigenvalue weighted by atomic mass is 32.2. The van der Waals surface area contributed by atoms with Crippen LogP contribution in [0, 0.1) is 24.2 Å². The van der Waals surface area contributed by atoms with Gasteiger partial charge in [-0.15, -0.1) is 0 Å². The molecule has 2 fully saturated rings. The Labute approximate surface area is 218 Å². The average Bonchev–Trinajstić information content (AvgIpc) is 3.47. The number of furan rings is 1. The lowest BCUT2D eigenvalue weighted by atomic mass is 9.95. The summed E-state index contributed by atoms with van der Waals surface area (Å²) in [7, 11) is 1.62. The van der Waals surface area contributed by atoms with Gasteiger partial charge in [-0.1, -0.05) is 24.0 Å². The monoisotopic (exact) mass is 526 g/mol. The Morgan fingerprint density at radius 3 is 2.69 bits per heavy atom. The molecule has 4 heterocycles. The maximum Gasteiger partial charge on any atom is 0.309 e. The first kappa shape index (κ1) is 25.7. The highest BCUT2D eigenvalue weighted by molar-refractivity contribution is 8.26. The molecule has 11 heteroatoms. The molecular formula is C25H26N4O5S2. The standard InChI is InChI=1S/C25H26N4O5S2/c1-4-33-24(32)16-7-9-28(10-8-16)21-18(15(2)19(13-26)22(30)27(21)3)12-20-23(31)29(25(35)36-20)14-17-6-5-11-34-17/h5-6,11-12,16H,4,7-10,14H2,1-3H3/b20-12-. The van der Waals surface area contributed by atoms with Crippen LogP contribution in [0.2, 0.25) is 0 Å². The molecule has 0 spiro atoms. The fourth-order valence-corrected chi connectivity index (χ4v) is 5.74. The first-order valence-corrected chi connectivity index (χ1v) is 12.8. The second-order valence-electron chi connectivity index (χ2n) is 8.57. The van der Waals surface area contributed by atoms with Gasteiger partial charge in [0.1, 0.15) is 27.5 Å². The van der Waals surface area contributed by atoms with E-state index in [4.69, 9.17) is 21.4 Å². The molecule has 4 rings (SSSR count). The molecule has 2 aromatic heterocycles. The number of hydrogen-bond donors (Lipinski definition) is 0. The number of piperidine rings is 1. The lowest BCUT2D eigenvalue weighted by molar-refractivity contribution is -0.148. The number of esters is 1. The predicted octanol–water partition coefficient (Wildman–Crippen LogP) is 3.34. The van der Waals surface area contributed by atoms with Crippen LogP contribution in [0.5, 0.6) is 0 Å². The summed E-state index contributed by atoms with van der Waals surface area (Å²) in [6.07, 6.45) is 4.41. The minimum absolute atomic E-state index is 0.0278. The maximum atomic E-state index is 13.2. The summed E-state index contributed by atoms with van der Waals surface area (Å²) in [5, 5.41) is 9.68. The molecule has 0 radical (unpaired) electrons. The number of nitrogens with zero attached hydrogens (tertiary/aromatic N) is 4. The second-order valence-corrected chi connectivity index (χ2v) is 10.2. The minimum atomic E-state index is -0.403. The molecule has 2 aliphatic rings. The van der Waals surface area contributed by atoms with Gasteiger partial charge in [0.2, 0.25) is 0 Å². The van der Waals surface area contributed by atoms with Gasteiger partial charge in [0, 0.05) is 25.7 Å². The quantitative estimate of drug-likeness (QED) is 0.318. The lowest BCUT2D eigenvalue weighted by Crippen LogP contribution is -2.40. The van der Waals surface area contributed by atoms with E-state index in [-0.39, 0.29) is 29.9 Å². The van der Waals surface area contributed by atoms with Gasteiger partial charge in [-0.25, -0.2) is 0 Å². The van der Waals surface area contributed by atoms with E-state index in [0.717, 1.165) is 0 Å². The fourth-order valence-electron chi connectivity index (χ4n) is 4.51. The minimum Gasteiger partial charge on any atom is -0.467 e. The largest absolute Gasteiger partial charge is 0.467 e. The molecule has 0 aliphatic carbocycles. The number of carbonyl (C=O) groups is 2. The van der Waals surface area contributed by atoms with E-state index >= 15 is 0 Å². The van der Waals surface area contributed by atoms with Crippen molar-refractivity contribution in [3.8, 4) is 6.07 Å². The SMILES string of the molecule is CCOC(=O)C1CCN(c2c(/C=C3\SC(=S)N(Cc4ccco4)C3=O)c(C)c(C#N)c(=O)n2C)CC1. The summed E-state index contributed by atoms with van der Waals surface area (Å²) in [5.74, 6) is 0.555. The van der Waals surface area contributed by atoms with Gasteiger partial charge >= 0.3 is 5.97 Å². The molecule has 2 aliphatic heterocycles. The van der Waals surface area contributed by atoms with Crippen LogP contribution in [0.1, 0.15) is 42.2 Å². The molecule has 1 amide bonds. The number of aromatic nitrogens is 1. The number of carbonyl (C=O) groups excluding carboxylic acids is 2. The lowest BCUT2D eigenvalue weighted by Gasteiger charge is -2.35. The number of ether oxygens (including phenoxy) is 1. The zero-order valence-corrected chi connectivity index (χ0v) is 21.9. The molecule has 2 saturated heterocycles. The number of hydrogen-bond acceptors (Lipinski definition) is 9. The Morgan fingerprint density at radius 2 is 2.08 bits per heavy atom. The van der Waals surface area contributed by atoms with Crippen molar-refractivity contribution >= 4 is 52.1 Å². The van der Waals surface area contributed by atoms with Crippen molar-refractivity contribution in [2.45, 2.75) is 33.2 Å². The third kappa shape index (κ3) is 4.83. The van der Waals surface area contributed by atoms with Crippen molar-refractivity contribution in [2.24, 2.45) is 13.0 Å². The van der Waals surface area contributed by atoms with Crippen LogP contribution in [0.3, 0.4) is 0 Å². The predicted molar refractivity (Wildman–Crippen MR) is 140 cm³/mol. The van der Waals surface area contributed by atoms with Crippen molar-refractivity contribution in [1.82, 2.24) is 9.47 Å². The van der Waals surface area contributed by atoms with Gasteiger partial charge in [0.05, 0.1) is 30.2 Å². The molecule has 0 atom stereocenters. The Kier molecular flexibility index (Phi) is 7.66. The van der Waals surface area contributed by atoms with Crippen molar-refractivity contribution < 1.29 is 18.7 Å². The number of nitriles is 1. The molecule has 188 valence electrons.